The number of rotatable bonds is 4. The first-order chi connectivity index (χ1) is 12.2. The van der Waals surface area contributed by atoms with Gasteiger partial charge in [0.15, 0.2) is 0 Å². The van der Waals surface area contributed by atoms with Gasteiger partial charge >= 0.3 is 0 Å². The minimum absolute atomic E-state index is 0.648. The Morgan fingerprint density at radius 1 is 1.12 bits per heavy atom. The van der Waals surface area contributed by atoms with Crippen molar-refractivity contribution >= 4 is 29.1 Å². The molecule has 1 aromatic carbocycles. The summed E-state index contributed by atoms with van der Waals surface area (Å²) in [7, 11) is 0. The van der Waals surface area contributed by atoms with Gasteiger partial charge in [0, 0.05) is 37.5 Å². The van der Waals surface area contributed by atoms with Crippen LogP contribution in [0.2, 0.25) is 5.02 Å². The van der Waals surface area contributed by atoms with Crippen molar-refractivity contribution in [1.29, 1.82) is 0 Å². The monoisotopic (exact) mass is 361 g/mol. The number of likely N-dealkylation sites (tertiary alicyclic amines) is 1. The topological polar surface area (TPSA) is 41.7 Å². The molecule has 0 spiro atoms. The van der Waals surface area contributed by atoms with E-state index < -0.39 is 0 Å². The molecule has 3 heterocycles. The summed E-state index contributed by atoms with van der Waals surface area (Å²) >= 11 is 6.18. The van der Waals surface area contributed by atoms with E-state index in [1.807, 2.05) is 6.07 Å². The first-order valence-electron chi connectivity index (χ1n) is 9.50. The van der Waals surface area contributed by atoms with E-state index >= 15 is 0 Å². The second-order valence-electron chi connectivity index (χ2n) is 7.67. The molecule has 4 nitrogen and oxygen atoms in total. The van der Waals surface area contributed by atoms with Gasteiger partial charge in [-0.15, -0.1) is 0 Å². The number of benzene rings is 1. The van der Waals surface area contributed by atoms with Gasteiger partial charge in [-0.3, -0.25) is 0 Å². The number of nitrogens with two attached hydrogens (primary N) is 1. The highest BCUT2D eigenvalue weighted by Crippen LogP contribution is 2.36. The van der Waals surface area contributed by atoms with Crippen LogP contribution < -0.4 is 10.6 Å². The Morgan fingerprint density at radius 2 is 1.96 bits per heavy atom. The molecule has 0 bridgehead atoms. The second-order valence-corrected chi connectivity index (χ2v) is 8.08. The molecule has 0 saturated carbocycles. The van der Waals surface area contributed by atoms with Crippen LogP contribution in [0.15, 0.2) is 18.2 Å². The van der Waals surface area contributed by atoms with Gasteiger partial charge in [-0.05, 0) is 56.3 Å². The molecule has 1 unspecified atom stereocenters. The zero-order valence-electron chi connectivity index (χ0n) is 14.8. The molecule has 1 atom stereocenters. The zero-order valence-corrected chi connectivity index (χ0v) is 15.5. The molecular weight excluding hydrogens is 334 g/mol. The van der Waals surface area contributed by atoms with Crippen LogP contribution in [0, 0.1) is 11.8 Å². The molecule has 2 saturated heterocycles. The number of ether oxygens (including phenoxy) is 1. The third-order valence-corrected chi connectivity index (χ3v) is 6.22. The number of hydrogen-bond donors (Lipinski definition) is 1. The molecule has 5 heteroatoms. The third-order valence-electron chi connectivity index (χ3n) is 5.89. The van der Waals surface area contributed by atoms with E-state index in [-0.39, 0.29) is 0 Å². The molecule has 0 amide bonds. The first-order valence-corrected chi connectivity index (χ1v) is 9.88. The fourth-order valence-electron chi connectivity index (χ4n) is 4.37. The average molecular weight is 362 g/mol. The van der Waals surface area contributed by atoms with Crippen molar-refractivity contribution in [2.45, 2.75) is 19.3 Å². The summed E-state index contributed by atoms with van der Waals surface area (Å²) < 4.78 is 5.51. The molecular formula is C20H28ClN3O. The van der Waals surface area contributed by atoms with Gasteiger partial charge in [0.1, 0.15) is 0 Å². The maximum atomic E-state index is 6.18. The number of hydrogen-bond acceptors (Lipinski definition) is 4. The molecule has 3 aliphatic heterocycles. The third kappa shape index (κ3) is 3.81. The fraction of sp³-hybridized carbons (Fsp3) is 0.600. The Bertz CT molecular complexity index is 634. The van der Waals surface area contributed by atoms with Crippen molar-refractivity contribution in [2.75, 3.05) is 56.6 Å². The highest BCUT2D eigenvalue weighted by atomic mass is 35.5. The molecule has 2 fully saturated rings. The van der Waals surface area contributed by atoms with E-state index in [4.69, 9.17) is 22.1 Å². The van der Waals surface area contributed by atoms with Crippen molar-refractivity contribution in [1.82, 2.24) is 4.90 Å². The van der Waals surface area contributed by atoms with Crippen LogP contribution in [-0.4, -0.2) is 50.8 Å². The molecule has 136 valence electrons. The molecule has 0 radical (unpaired) electrons. The normalized spacial score (nSPS) is 24.7. The van der Waals surface area contributed by atoms with E-state index in [2.05, 4.69) is 28.0 Å². The van der Waals surface area contributed by atoms with Crippen LogP contribution in [0.3, 0.4) is 0 Å². The molecule has 25 heavy (non-hydrogen) atoms. The first kappa shape index (κ1) is 17.2. The summed E-state index contributed by atoms with van der Waals surface area (Å²) in [6.07, 6.45) is 8.11. The number of piperidine rings is 1. The highest BCUT2D eigenvalue weighted by molar-refractivity contribution is 6.33. The summed E-state index contributed by atoms with van der Waals surface area (Å²) in [5.74, 6) is 1.51. The molecule has 0 aromatic heterocycles. The van der Waals surface area contributed by atoms with Crippen LogP contribution >= 0.6 is 11.6 Å². The number of fused-ring (bicyclic) bond motifs is 1. The van der Waals surface area contributed by atoms with Gasteiger partial charge < -0.3 is 20.3 Å². The Morgan fingerprint density at radius 3 is 2.72 bits per heavy atom. The molecule has 3 aliphatic rings. The minimum Gasteiger partial charge on any atom is -0.397 e. The smallest absolute Gasteiger partial charge is 0.0643 e. The average Bonchev–Trinajstić information content (AvgIpc) is 3.13. The van der Waals surface area contributed by atoms with Gasteiger partial charge in [-0.1, -0.05) is 23.8 Å². The van der Waals surface area contributed by atoms with Crippen LogP contribution in [-0.2, 0) is 4.74 Å². The predicted molar refractivity (Wildman–Crippen MR) is 105 cm³/mol. The van der Waals surface area contributed by atoms with E-state index in [9.17, 15) is 0 Å². The van der Waals surface area contributed by atoms with Gasteiger partial charge in [-0.2, -0.15) is 0 Å². The van der Waals surface area contributed by atoms with E-state index in [0.717, 1.165) is 43.7 Å². The number of halogens is 1. The van der Waals surface area contributed by atoms with Crippen LogP contribution in [0.5, 0.6) is 0 Å². The standard InChI is InChI=1S/C20H28ClN3O/c21-18-3-4-19-17(20(18)22)2-1-8-24(19)13-15-5-9-23(10-6-15)12-16-7-11-25-14-16/h1-4,15-16H,5-14,22H2. The number of nitrogens with zero attached hydrogens (tertiary/aromatic N) is 2. The summed E-state index contributed by atoms with van der Waals surface area (Å²) in [5.41, 5.74) is 9.18. The largest absolute Gasteiger partial charge is 0.397 e. The van der Waals surface area contributed by atoms with E-state index in [1.165, 1.54) is 44.6 Å². The number of nitrogen functional groups attached to an aromatic ring is 1. The number of anilines is 2. The van der Waals surface area contributed by atoms with Gasteiger partial charge in [0.2, 0.25) is 0 Å². The van der Waals surface area contributed by atoms with Crippen LogP contribution in [0.1, 0.15) is 24.8 Å². The van der Waals surface area contributed by atoms with E-state index in [0.29, 0.717) is 10.7 Å². The predicted octanol–water partition coefficient (Wildman–Crippen LogP) is 3.50. The van der Waals surface area contributed by atoms with Crippen molar-refractivity contribution in [3.05, 3.63) is 28.8 Å². The van der Waals surface area contributed by atoms with Gasteiger partial charge in [0.25, 0.3) is 0 Å². The van der Waals surface area contributed by atoms with Crippen LogP contribution in [0.4, 0.5) is 11.4 Å². The van der Waals surface area contributed by atoms with Crippen molar-refractivity contribution in [3.8, 4) is 0 Å². The lowest BCUT2D eigenvalue weighted by atomic mass is 9.94. The zero-order chi connectivity index (χ0) is 17.2. The Balaban J connectivity index is 1.33. The van der Waals surface area contributed by atoms with Crippen molar-refractivity contribution in [2.24, 2.45) is 11.8 Å². The molecule has 1 aromatic rings. The minimum atomic E-state index is 0.648. The lowest BCUT2D eigenvalue weighted by Crippen LogP contribution is -2.41. The Labute approximate surface area is 155 Å². The van der Waals surface area contributed by atoms with Crippen molar-refractivity contribution in [3.63, 3.8) is 0 Å². The van der Waals surface area contributed by atoms with Gasteiger partial charge in [-0.25, -0.2) is 0 Å². The molecule has 4 rings (SSSR count). The second kappa shape index (κ2) is 7.56. The Hall–Kier alpha value is -1.23. The fourth-order valence-corrected chi connectivity index (χ4v) is 4.54. The summed E-state index contributed by atoms with van der Waals surface area (Å²) in [4.78, 5) is 5.10. The molecule has 0 aliphatic carbocycles. The van der Waals surface area contributed by atoms with Crippen LogP contribution in [0.25, 0.3) is 6.08 Å². The van der Waals surface area contributed by atoms with Crippen molar-refractivity contribution < 1.29 is 4.74 Å². The summed E-state index contributed by atoms with van der Waals surface area (Å²) in [5, 5.41) is 0.648. The maximum Gasteiger partial charge on any atom is 0.0643 e. The molecule has 2 N–H and O–H groups in total. The maximum absolute atomic E-state index is 6.18. The Kier molecular flexibility index (Phi) is 5.20. The van der Waals surface area contributed by atoms with Gasteiger partial charge in [0.05, 0.1) is 17.3 Å². The summed E-state index contributed by atoms with van der Waals surface area (Å²) in [6, 6.07) is 4.04. The lowest BCUT2D eigenvalue weighted by molar-refractivity contribution is 0.142. The van der Waals surface area contributed by atoms with E-state index in [1.54, 1.807) is 0 Å². The lowest BCUT2D eigenvalue weighted by Gasteiger charge is -2.37. The SMILES string of the molecule is Nc1c(Cl)ccc2c1C=CCN2CC1CCN(CC2CCOC2)CC1. The quantitative estimate of drug-likeness (QED) is 0.833. The summed E-state index contributed by atoms with van der Waals surface area (Å²) in [6.45, 7) is 7.65. The highest BCUT2D eigenvalue weighted by Gasteiger charge is 2.26.